The monoisotopic (exact) mass is 394 g/mol. The van der Waals surface area contributed by atoms with Crippen molar-refractivity contribution >= 4 is 29.9 Å². The van der Waals surface area contributed by atoms with Gasteiger partial charge in [0.2, 0.25) is 0 Å². The second kappa shape index (κ2) is 9.11. The standard InChI is InChI=1S/C12H22N6O.HI/c1-19-8-6-14-12(13)15-9-11-17-16-10-5-3-2-4-7-18(10)11;/h2-9H2,1H3,(H3,13,14,15);1H. The first kappa shape index (κ1) is 17.2. The molecule has 1 aliphatic rings. The number of aromatic nitrogens is 3. The van der Waals surface area contributed by atoms with Crippen molar-refractivity contribution in [1.29, 1.82) is 0 Å². The number of methoxy groups -OCH3 is 1. The molecule has 0 aromatic carbocycles. The Morgan fingerprint density at radius 3 is 3.05 bits per heavy atom. The Balaban J connectivity index is 0.00000200. The van der Waals surface area contributed by atoms with Crippen molar-refractivity contribution in [3.63, 3.8) is 0 Å². The number of halogens is 1. The lowest BCUT2D eigenvalue weighted by Crippen LogP contribution is -2.34. The molecule has 7 nitrogen and oxygen atoms in total. The highest BCUT2D eigenvalue weighted by molar-refractivity contribution is 14.0. The van der Waals surface area contributed by atoms with Crippen molar-refractivity contribution in [2.24, 2.45) is 10.7 Å². The molecular weight excluding hydrogens is 371 g/mol. The van der Waals surface area contributed by atoms with Crippen LogP contribution in [-0.4, -0.2) is 41.0 Å². The maximum atomic E-state index is 5.76. The number of rotatable bonds is 5. The van der Waals surface area contributed by atoms with Crippen LogP contribution in [0.25, 0.3) is 0 Å². The van der Waals surface area contributed by atoms with E-state index < -0.39 is 0 Å². The van der Waals surface area contributed by atoms with Gasteiger partial charge < -0.3 is 20.4 Å². The van der Waals surface area contributed by atoms with Gasteiger partial charge in [0.15, 0.2) is 11.8 Å². The number of nitrogens with zero attached hydrogens (tertiary/aromatic N) is 4. The van der Waals surface area contributed by atoms with E-state index in [1.807, 2.05) is 0 Å². The molecular formula is C12H23IN6O. The number of hydrogen-bond acceptors (Lipinski definition) is 4. The SMILES string of the molecule is COCCNC(N)=NCc1nnc2n1CCCCC2.I. The second-order valence-corrected chi connectivity index (χ2v) is 4.62. The van der Waals surface area contributed by atoms with E-state index >= 15 is 0 Å². The zero-order chi connectivity index (χ0) is 13.5. The van der Waals surface area contributed by atoms with E-state index in [2.05, 4.69) is 25.1 Å². The third-order valence-corrected chi connectivity index (χ3v) is 3.19. The summed E-state index contributed by atoms with van der Waals surface area (Å²) in [5.41, 5.74) is 5.76. The highest BCUT2D eigenvalue weighted by Crippen LogP contribution is 2.14. The summed E-state index contributed by atoms with van der Waals surface area (Å²) >= 11 is 0. The van der Waals surface area contributed by atoms with Crippen LogP contribution < -0.4 is 11.1 Å². The van der Waals surface area contributed by atoms with Crippen molar-refractivity contribution < 1.29 is 4.74 Å². The molecule has 0 spiro atoms. The molecule has 1 aromatic rings. The van der Waals surface area contributed by atoms with Gasteiger partial charge in [0, 0.05) is 26.6 Å². The lowest BCUT2D eigenvalue weighted by Gasteiger charge is -2.06. The van der Waals surface area contributed by atoms with Crippen molar-refractivity contribution in [3.05, 3.63) is 11.6 Å². The lowest BCUT2D eigenvalue weighted by molar-refractivity contribution is 0.204. The zero-order valence-electron chi connectivity index (χ0n) is 11.8. The fourth-order valence-electron chi connectivity index (χ4n) is 2.16. The van der Waals surface area contributed by atoms with Gasteiger partial charge in [0.1, 0.15) is 12.4 Å². The Kier molecular flexibility index (Phi) is 7.82. The minimum absolute atomic E-state index is 0. The summed E-state index contributed by atoms with van der Waals surface area (Å²) in [6, 6.07) is 0. The molecule has 3 N–H and O–H groups in total. The molecule has 0 amide bonds. The van der Waals surface area contributed by atoms with Gasteiger partial charge in [0.25, 0.3) is 0 Å². The number of hydrogen-bond donors (Lipinski definition) is 2. The Labute approximate surface area is 136 Å². The zero-order valence-corrected chi connectivity index (χ0v) is 14.2. The Bertz CT molecular complexity index is 434. The van der Waals surface area contributed by atoms with Crippen molar-refractivity contribution in [2.45, 2.75) is 38.8 Å². The molecule has 0 atom stereocenters. The van der Waals surface area contributed by atoms with Crippen LogP contribution in [0.4, 0.5) is 0 Å². The summed E-state index contributed by atoms with van der Waals surface area (Å²) in [5, 5.41) is 11.4. The van der Waals surface area contributed by atoms with E-state index in [0.29, 0.717) is 25.7 Å². The van der Waals surface area contributed by atoms with E-state index in [9.17, 15) is 0 Å². The number of aliphatic imine (C=N–C) groups is 1. The number of fused-ring (bicyclic) bond motifs is 1. The first-order valence-corrected chi connectivity index (χ1v) is 6.75. The van der Waals surface area contributed by atoms with E-state index in [-0.39, 0.29) is 24.0 Å². The van der Waals surface area contributed by atoms with Crippen LogP contribution in [0.1, 0.15) is 30.9 Å². The molecule has 0 unspecified atom stereocenters. The largest absolute Gasteiger partial charge is 0.383 e. The summed E-state index contributed by atoms with van der Waals surface area (Å²) in [6.45, 7) is 2.73. The van der Waals surface area contributed by atoms with Crippen LogP contribution in [0, 0.1) is 0 Å². The summed E-state index contributed by atoms with van der Waals surface area (Å²) in [7, 11) is 1.65. The molecule has 114 valence electrons. The third-order valence-electron chi connectivity index (χ3n) is 3.19. The Morgan fingerprint density at radius 2 is 2.25 bits per heavy atom. The van der Waals surface area contributed by atoms with Crippen molar-refractivity contribution in [2.75, 3.05) is 20.3 Å². The maximum Gasteiger partial charge on any atom is 0.189 e. The van der Waals surface area contributed by atoms with Crippen molar-refractivity contribution in [3.8, 4) is 0 Å². The minimum atomic E-state index is 0. The highest BCUT2D eigenvalue weighted by Gasteiger charge is 2.13. The predicted molar refractivity (Wildman–Crippen MR) is 88.2 cm³/mol. The minimum Gasteiger partial charge on any atom is -0.383 e. The first-order valence-electron chi connectivity index (χ1n) is 6.75. The topological polar surface area (TPSA) is 90.3 Å². The average molecular weight is 394 g/mol. The van der Waals surface area contributed by atoms with Crippen LogP contribution in [0.2, 0.25) is 0 Å². The molecule has 1 aliphatic heterocycles. The van der Waals surface area contributed by atoms with E-state index in [1.165, 1.54) is 19.3 Å². The smallest absolute Gasteiger partial charge is 0.189 e. The number of nitrogens with two attached hydrogens (primary N) is 1. The molecule has 20 heavy (non-hydrogen) atoms. The number of nitrogens with one attached hydrogen (secondary N) is 1. The summed E-state index contributed by atoms with van der Waals surface area (Å²) in [6.07, 6.45) is 4.65. The first-order chi connectivity index (χ1) is 9.31. The Morgan fingerprint density at radius 1 is 1.40 bits per heavy atom. The quantitative estimate of drug-likeness (QED) is 0.332. The Hall–Kier alpha value is -0.900. The van der Waals surface area contributed by atoms with Crippen LogP contribution in [0.5, 0.6) is 0 Å². The number of aryl methyl sites for hydroxylation is 1. The fraction of sp³-hybridized carbons (Fsp3) is 0.750. The van der Waals surface area contributed by atoms with Gasteiger partial charge in [-0.1, -0.05) is 6.42 Å². The second-order valence-electron chi connectivity index (χ2n) is 4.62. The van der Waals surface area contributed by atoms with Gasteiger partial charge in [-0.25, -0.2) is 4.99 Å². The van der Waals surface area contributed by atoms with Gasteiger partial charge in [-0.2, -0.15) is 0 Å². The van der Waals surface area contributed by atoms with Crippen LogP contribution in [0.3, 0.4) is 0 Å². The predicted octanol–water partition coefficient (Wildman–Crippen LogP) is 0.673. The van der Waals surface area contributed by atoms with Gasteiger partial charge in [-0.15, -0.1) is 34.2 Å². The van der Waals surface area contributed by atoms with Gasteiger partial charge in [0.05, 0.1) is 6.61 Å². The maximum absolute atomic E-state index is 5.76. The number of guanidine groups is 1. The molecule has 0 saturated heterocycles. The van der Waals surface area contributed by atoms with Crippen molar-refractivity contribution in [1.82, 2.24) is 20.1 Å². The molecule has 8 heteroatoms. The average Bonchev–Trinajstić information content (AvgIpc) is 2.64. The lowest BCUT2D eigenvalue weighted by atomic mass is 10.2. The molecule has 0 saturated carbocycles. The van der Waals surface area contributed by atoms with Gasteiger partial charge in [-0.05, 0) is 12.8 Å². The third kappa shape index (κ3) is 4.89. The number of ether oxygens (including phenoxy) is 1. The molecule has 0 bridgehead atoms. The van der Waals surface area contributed by atoms with Gasteiger partial charge in [-0.3, -0.25) is 0 Å². The molecule has 0 radical (unpaired) electrons. The molecule has 1 aromatic heterocycles. The molecule has 2 rings (SSSR count). The molecule has 2 heterocycles. The van der Waals surface area contributed by atoms with Gasteiger partial charge >= 0.3 is 0 Å². The molecule has 0 aliphatic carbocycles. The van der Waals surface area contributed by atoms with E-state index in [0.717, 1.165) is 24.6 Å². The molecule has 0 fully saturated rings. The summed E-state index contributed by atoms with van der Waals surface area (Å²) in [4.78, 5) is 4.28. The van der Waals surface area contributed by atoms with E-state index in [4.69, 9.17) is 10.5 Å². The summed E-state index contributed by atoms with van der Waals surface area (Å²) < 4.78 is 7.11. The van der Waals surface area contributed by atoms with E-state index in [1.54, 1.807) is 7.11 Å². The highest BCUT2D eigenvalue weighted by atomic mass is 127. The van der Waals surface area contributed by atoms with Crippen LogP contribution in [0.15, 0.2) is 4.99 Å². The summed E-state index contributed by atoms with van der Waals surface area (Å²) in [5.74, 6) is 2.39. The van der Waals surface area contributed by atoms with Crippen LogP contribution >= 0.6 is 24.0 Å². The fourth-order valence-corrected chi connectivity index (χ4v) is 2.16. The van der Waals surface area contributed by atoms with Crippen LogP contribution in [-0.2, 0) is 24.2 Å². The normalized spacial score (nSPS) is 15.2.